The second-order valence-electron chi connectivity index (χ2n) is 36.9. The lowest BCUT2D eigenvalue weighted by molar-refractivity contribution is -0.139. The molecule has 8 amide bonds. The van der Waals surface area contributed by atoms with Crippen molar-refractivity contribution in [1.29, 1.82) is 0 Å². The van der Waals surface area contributed by atoms with Crippen LogP contribution in [0.2, 0.25) is 0 Å². The summed E-state index contributed by atoms with van der Waals surface area (Å²) < 4.78 is 35.7. The zero-order valence-corrected chi connectivity index (χ0v) is 80.6. The maximum absolute atomic E-state index is 14.4. The zero-order valence-electron chi connectivity index (χ0n) is 80.6. The number of aliphatic carboxylic acids is 1. The molecule has 10 atom stereocenters. The minimum Gasteiger partial charge on any atom is -0.479 e. The molecule has 0 unspecified atom stereocenters. The molecule has 4 fully saturated rings. The second kappa shape index (κ2) is 45.5. The molecule has 728 valence electrons. The monoisotopic (exact) mass is 1890 g/mol. The van der Waals surface area contributed by atoms with Crippen molar-refractivity contribution in [3.8, 4) is 68.5 Å². The molecule has 16 rings (SSSR count). The van der Waals surface area contributed by atoms with Crippen LogP contribution in [0, 0.1) is 47.4 Å². The number of nitrogens with zero attached hydrogens (tertiary/aromatic N) is 8. The molecule has 6 aliphatic heterocycles. The van der Waals surface area contributed by atoms with Crippen molar-refractivity contribution in [1.82, 2.24) is 60.8 Å². The van der Waals surface area contributed by atoms with E-state index < -0.39 is 60.1 Å². The van der Waals surface area contributed by atoms with Crippen LogP contribution in [0.1, 0.15) is 177 Å². The molecule has 2 aromatic heterocycles. The predicted octanol–water partition coefficient (Wildman–Crippen LogP) is 17.9. The Morgan fingerprint density at radius 2 is 0.878 bits per heavy atom. The predicted molar refractivity (Wildman–Crippen MR) is 532 cm³/mol. The number of amides is 8. The Morgan fingerprint density at radius 1 is 0.475 bits per heavy atom. The molecule has 31 nitrogen and oxygen atoms in total. The molecule has 0 aliphatic carbocycles. The van der Waals surface area contributed by atoms with E-state index >= 15 is 0 Å². The number of imidazole rings is 2. The molecule has 0 bridgehead atoms. The van der Waals surface area contributed by atoms with Crippen LogP contribution in [-0.4, -0.2) is 222 Å². The number of nitrogens with one attached hydrogen (secondary N) is 6. The Hall–Kier alpha value is -14.7. The summed E-state index contributed by atoms with van der Waals surface area (Å²) in [5, 5.41) is 23.7. The number of rotatable bonds is 24. The molecule has 139 heavy (non-hydrogen) atoms. The van der Waals surface area contributed by atoms with Gasteiger partial charge in [0.05, 0.1) is 101 Å². The molecular formula is C108H124N14O17. The highest BCUT2D eigenvalue weighted by atomic mass is 16.6. The fourth-order valence-electron chi connectivity index (χ4n) is 19.3. The van der Waals surface area contributed by atoms with Crippen LogP contribution in [0.25, 0.3) is 66.3 Å². The quantitative estimate of drug-likeness (QED) is 0.0218. The van der Waals surface area contributed by atoms with Gasteiger partial charge in [0.2, 0.25) is 17.7 Å². The number of hydrogen-bond donors (Lipinski definition) is 7. The summed E-state index contributed by atoms with van der Waals surface area (Å²) in [5.41, 5.74) is 15.9. The van der Waals surface area contributed by atoms with Crippen molar-refractivity contribution in [2.75, 3.05) is 82.1 Å². The first-order valence-electron chi connectivity index (χ1n) is 46.5. The standard InChI is InChI=1S/C51H55N7O7.C46H54N6O6.C10H11NO4.CH4/c1-7-12-33-25-36(42-27-52-47(54-42)43-15-11-22-57(43)48(59)45(30(2)3)55-50(61)64-5)17-19-37(33)34-16-20-38-35(24-34)18-21-40-39(38)26-41(53-40)44-23-31(29-63-4)28-58(44)49(60)46(56-51(62)65-6)32-13-9-8-10-14-32;1-9-11-29-22-32(38-24-47-42(49-38)39-12-10-19-51(39)43(53)41(27(2)3)50-44(54)57-8)14-16-33(29)30-13-17-34-31(21-30)15-18-36-35(34)23-37(48-36)40-20-28(26-56-7)25-52(40)45(55)58-46(4,5)6;1-15-10(14)11-8(9(12)13)7-5-3-2-4-6-7;/h8-10,13-14,16-21,24-25,27,30-31,43-46H,11,15,22-23,26,28-29H2,1-6H3,(H,52,54)(H,55,61)(H,56,62);13-18,21-22,24,27-28,39-41H,10,12,19-20,23,25-26H2,1-8H3,(H,47,49)(H,50,54);2-6,8H,1H3,(H,11,14)(H,12,13);1H4/t31-,43-,44-,45-,46+;28-,39-,40-,41-;8-;/m001./s1. The minimum atomic E-state index is -1.13. The fraction of sp³-hybridized carbons (Fsp3) is 0.398. The van der Waals surface area contributed by atoms with Gasteiger partial charge in [0.25, 0.3) is 0 Å². The SMILES string of the molecule is C.CC#Cc1cc(-c2cnc([C@@H]3CCCN3C(=O)[C@@H](NC(=O)OC)C(C)C)[nH]2)ccc1-c1ccc2c3c(ccc2c1)N=C([C@@H]1C[C@H](COC)CN1C(=O)OC(C)(C)C)C3.CC#Cc1cc(-c2cnc([C@@H]3CCCN3C(=O)[C@@H](NC(=O)OC)C(C)C)[nH]2)ccc1-c1ccc2c3c(ccc2c1)N=C([C@@H]1C[C@H](COC)CN1C(=O)[C@H](NC(=O)OC)c1ccccc1)C3.COC(=O)N[C@@H](C(=O)O)c1ccccc1. The van der Waals surface area contributed by atoms with Gasteiger partial charge in [-0.05, 0) is 187 Å². The van der Waals surface area contributed by atoms with E-state index in [9.17, 15) is 43.2 Å². The van der Waals surface area contributed by atoms with Crippen molar-refractivity contribution in [2.45, 2.75) is 175 Å². The lowest BCUT2D eigenvalue weighted by atomic mass is 9.92. The number of alkyl carbamates (subject to hydrolysis) is 4. The Labute approximate surface area is 810 Å². The van der Waals surface area contributed by atoms with Gasteiger partial charge in [-0.25, -0.2) is 38.7 Å². The van der Waals surface area contributed by atoms with E-state index in [2.05, 4.69) is 157 Å². The molecule has 0 radical (unpaired) electrons. The van der Waals surface area contributed by atoms with Crippen molar-refractivity contribution in [2.24, 2.45) is 33.7 Å². The zero-order chi connectivity index (χ0) is 98.3. The van der Waals surface area contributed by atoms with E-state index in [1.807, 2.05) is 114 Å². The van der Waals surface area contributed by atoms with E-state index in [1.165, 1.54) is 34.0 Å². The Kier molecular flexibility index (Phi) is 33.3. The molecule has 0 saturated carbocycles. The summed E-state index contributed by atoms with van der Waals surface area (Å²) in [7, 11) is 8.42. The maximum Gasteiger partial charge on any atom is 0.410 e. The van der Waals surface area contributed by atoms with Crippen LogP contribution < -0.4 is 21.3 Å². The molecule has 31 heteroatoms. The first kappa shape index (κ1) is 102. The number of fused-ring (bicyclic) bond motifs is 6. The topological polar surface area (TPSA) is 382 Å². The van der Waals surface area contributed by atoms with Crippen molar-refractivity contribution in [3.05, 3.63) is 215 Å². The molecule has 4 saturated heterocycles. The Bertz CT molecular complexity index is 6400. The Morgan fingerprint density at radius 3 is 1.28 bits per heavy atom. The average Bonchev–Trinajstić information content (AvgIpc) is 1.64. The largest absolute Gasteiger partial charge is 0.479 e. The molecule has 10 aromatic rings. The molecular weight excluding hydrogens is 1770 g/mol. The van der Waals surface area contributed by atoms with Crippen LogP contribution in [0.4, 0.5) is 35.3 Å². The van der Waals surface area contributed by atoms with Crippen LogP contribution in [0.3, 0.4) is 0 Å². The third kappa shape index (κ3) is 23.4. The number of carboxylic acids is 1. The number of carbonyl (C=O) groups is 9. The maximum atomic E-state index is 14.4. The number of methoxy groups -OCH3 is 6. The van der Waals surface area contributed by atoms with Gasteiger partial charge in [-0.2, -0.15) is 0 Å². The van der Waals surface area contributed by atoms with Crippen LogP contribution in [-0.2, 0) is 65.2 Å². The number of aliphatic imine (C=N–C) groups is 2. The summed E-state index contributed by atoms with van der Waals surface area (Å²) in [5.74, 6) is 12.7. The minimum absolute atomic E-state index is 0. The third-order valence-corrected chi connectivity index (χ3v) is 25.9. The lowest BCUT2D eigenvalue weighted by Crippen LogP contribution is -2.51. The van der Waals surface area contributed by atoms with E-state index in [0.717, 1.165) is 138 Å². The van der Waals surface area contributed by atoms with Crippen molar-refractivity contribution in [3.63, 3.8) is 0 Å². The number of hydrogen-bond acceptors (Lipinski definition) is 20. The lowest BCUT2D eigenvalue weighted by Gasteiger charge is -2.30. The van der Waals surface area contributed by atoms with Gasteiger partial charge < -0.3 is 84.2 Å². The molecule has 8 aromatic carbocycles. The highest BCUT2D eigenvalue weighted by Gasteiger charge is 2.46. The Balaban J connectivity index is 0.000000203. The number of ether oxygens (including phenoxy) is 7. The molecule has 7 N–H and O–H groups in total. The highest BCUT2D eigenvalue weighted by molar-refractivity contribution is 6.08. The van der Waals surface area contributed by atoms with Crippen LogP contribution in [0.5, 0.6) is 0 Å². The summed E-state index contributed by atoms with van der Waals surface area (Å²) >= 11 is 0. The highest BCUT2D eigenvalue weighted by Crippen LogP contribution is 2.44. The number of aromatic nitrogens is 4. The number of carboxylic acid groups (broad SMARTS) is 1. The van der Waals surface area contributed by atoms with E-state index in [0.29, 0.717) is 81.4 Å². The molecule has 8 heterocycles. The number of H-pyrrole nitrogens is 2. The van der Waals surface area contributed by atoms with E-state index in [-0.39, 0.29) is 79.1 Å². The fourth-order valence-corrected chi connectivity index (χ4v) is 19.3. The van der Waals surface area contributed by atoms with Gasteiger partial charge >= 0.3 is 36.4 Å². The average molecular weight is 1890 g/mol. The first-order valence-corrected chi connectivity index (χ1v) is 46.5. The molecule has 0 spiro atoms. The van der Waals surface area contributed by atoms with Crippen molar-refractivity contribution < 1.29 is 81.4 Å². The summed E-state index contributed by atoms with van der Waals surface area (Å²) in [4.78, 5) is 148. The van der Waals surface area contributed by atoms with Gasteiger partial charge in [0.15, 0.2) is 6.04 Å². The number of carbonyl (C=O) groups excluding carboxylic acids is 8. The van der Waals surface area contributed by atoms with Gasteiger partial charge in [-0.15, -0.1) is 11.8 Å². The van der Waals surface area contributed by atoms with Crippen molar-refractivity contribution >= 4 is 98.5 Å². The van der Waals surface area contributed by atoms with E-state index in [1.54, 1.807) is 55.6 Å². The third-order valence-electron chi connectivity index (χ3n) is 25.9. The summed E-state index contributed by atoms with van der Waals surface area (Å²) in [6, 6.07) is 47.1. The van der Waals surface area contributed by atoms with Gasteiger partial charge in [0.1, 0.15) is 35.4 Å². The summed E-state index contributed by atoms with van der Waals surface area (Å²) in [6.45, 7) is 20.2. The molecule has 6 aliphatic rings. The second-order valence-corrected chi connectivity index (χ2v) is 36.9. The van der Waals surface area contributed by atoms with Gasteiger partial charge in [-0.3, -0.25) is 29.3 Å². The summed E-state index contributed by atoms with van der Waals surface area (Å²) in [6.07, 6.45) is 6.50. The van der Waals surface area contributed by atoms with Crippen LogP contribution >= 0.6 is 0 Å². The number of aromatic amines is 2. The van der Waals surface area contributed by atoms with E-state index in [4.69, 9.17) is 53.5 Å². The first-order chi connectivity index (χ1) is 66.4. The number of likely N-dealkylation sites (tertiary alicyclic amines) is 4. The number of benzene rings is 8. The van der Waals surface area contributed by atoms with Gasteiger partial charge in [-0.1, -0.05) is 168 Å². The van der Waals surface area contributed by atoms with Crippen LogP contribution in [0.15, 0.2) is 180 Å². The van der Waals surface area contributed by atoms with Gasteiger partial charge in [0, 0.05) is 98.8 Å². The normalized spacial score (nSPS) is 18.1. The smallest absolute Gasteiger partial charge is 0.410 e.